The zero-order chi connectivity index (χ0) is 25.4. The maximum Gasteiger partial charge on any atom is 0.238 e. The molecule has 0 spiro atoms. The second-order valence-electron chi connectivity index (χ2n) is 7.81. The Hall–Kier alpha value is -3.55. The smallest absolute Gasteiger partial charge is 0.238 e. The molecule has 1 aliphatic rings. The van der Waals surface area contributed by atoms with Crippen molar-refractivity contribution < 1.29 is 54.0 Å². The molecule has 4 rings (SSSR count). The van der Waals surface area contributed by atoms with E-state index in [1.165, 1.54) is 44.6 Å². The monoisotopic (exact) mass is 492 g/mol. The van der Waals surface area contributed by atoms with Gasteiger partial charge < -0.3 is 54.0 Å². The summed E-state index contributed by atoms with van der Waals surface area (Å²) in [6.07, 6.45) is -7.43. The van der Waals surface area contributed by atoms with Gasteiger partial charge in [-0.15, -0.1) is 0 Å². The van der Waals surface area contributed by atoms with E-state index in [0.29, 0.717) is 0 Å². The number of phenolic OH excluding ortho intramolecular Hbond substituents is 1. The summed E-state index contributed by atoms with van der Waals surface area (Å²) in [6, 6.07) is 6.77. The van der Waals surface area contributed by atoms with Crippen LogP contribution in [0.2, 0.25) is 0 Å². The molecule has 0 unspecified atom stereocenters. The van der Waals surface area contributed by atoms with Crippen LogP contribution in [0.1, 0.15) is 0 Å². The number of hydrogen-bond donors (Lipinski definition) is 6. The van der Waals surface area contributed by atoms with Gasteiger partial charge in [-0.3, -0.25) is 4.79 Å². The van der Waals surface area contributed by atoms with Crippen LogP contribution in [0.4, 0.5) is 0 Å². The Kier molecular flexibility index (Phi) is 6.74. The fourth-order valence-electron chi connectivity index (χ4n) is 3.77. The standard InChI is InChI=1S/C23H24O12/c1-31-10-6-11(25)16-14(7-10)33-22(20(29)18(16)27)9-3-4-12(13(5-9)32-2)34-23-21(30)19(28)17(26)15(8-24)35-23/h3-7,15,17,19,21,23-26,28-30H,8H2,1-2H3/t15-,17-,19-,21-,23-/m1/s1. The van der Waals surface area contributed by atoms with Crippen LogP contribution < -0.4 is 19.6 Å². The number of hydrogen-bond acceptors (Lipinski definition) is 12. The predicted octanol–water partition coefficient (Wildman–Crippen LogP) is 0.0671. The number of benzene rings is 2. The second-order valence-corrected chi connectivity index (χ2v) is 7.81. The molecular weight excluding hydrogens is 468 g/mol. The van der Waals surface area contributed by atoms with Crippen molar-refractivity contribution in [1.29, 1.82) is 0 Å². The molecule has 3 aromatic rings. The number of ether oxygens (including phenoxy) is 4. The van der Waals surface area contributed by atoms with Crippen molar-refractivity contribution in [3.05, 3.63) is 40.6 Å². The number of phenols is 1. The van der Waals surface area contributed by atoms with Gasteiger partial charge in [-0.1, -0.05) is 0 Å². The first-order valence-electron chi connectivity index (χ1n) is 10.4. The van der Waals surface area contributed by atoms with E-state index in [0.717, 1.165) is 0 Å². The summed E-state index contributed by atoms with van der Waals surface area (Å²) in [5.41, 5.74) is -0.677. The molecule has 12 nitrogen and oxygen atoms in total. The maximum absolute atomic E-state index is 12.7. The SMILES string of the molecule is COc1cc(O)c2c(=O)c(O)c(-c3ccc(O[C@@H]4O[C@H](CO)[C@@H](O)[C@@H](O)[C@H]4O)c(OC)c3)oc2c1. The molecule has 0 saturated carbocycles. The number of aliphatic hydroxyl groups is 4. The quantitative estimate of drug-likeness (QED) is 0.272. The number of methoxy groups -OCH3 is 2. The molecule has 188 valence electrons. The van der Waals surface area contributed by atoms with Crippen LogP contribution in [-0.2, 0) is 4.74 Å². The summed E-state index contributed by atoms with van der Waals surface area (Å²) in [6.45, 7) is -0.624. The van der Waals surface area contributed by atoms with Crippen LogP contribution in [0.25, 0.3) is 22.3 Å². The fourth-order valence-corrected chi connectivity index (χ4v) is 3.77. The van der Waals surface area contributed by atoms with Crippen molar-refractivity contribution in [2.45, 2.75) is 30.7 Å². The minimum absolute atomic E-state index is 0.0275. The third-order valence-corrected chi connectivity index (χ3v) is 5.68. The largest absolute Gasteiger partial charge is 0.507 e. The molecule has 1 fully saturated rings. The van der Waals surface area contributed by atoms with E-state index < -0.39 is 54.2 Å². The van der Waals surface area contributed by atoms with Crippen molar-refractivity contribution in [1.82, 2.24) is 0 Å². The Balaban J connectivity index is 1.72. The van der Waals surface area contributed by atoms with E-state index in [4.69, 9.17) is 23.4 Å². The van der Waals surface area contributed by atoms with Gasteiger partial charge in [-0.25, -0.2) is 0 Å². The summed E-state index contributed by atoms with van der Waals surface area (Å²) in [4.78, 5) is 12.7. The van der Waals surface area contributed by atoms with E-state index in [-0.39, 0.29) is 39.5 Å². The Morgan fingerprint density at radius 2 is 1.69 bits per heavy atom. The molecule has 0 radical (unpaired) electrons. The molecule has 35 heavy (non-hydrogen) atoms. The molecule has 6 N–H and O–H groups in total. The van der Waals surface area contributed by atoms with Crippen molar-refractivity contribution in [3.8, 4) is 40.1 Å². The van der Waals surface area contributed by atoms with E-state index in [2.05, 4.69) is 0 Å². The highest BCUT2D eigenvalue weighted by Gasteiger charge is 2.45. The van der Waals surface area contributed by atoms with Gasteiger partial charge >= 0.3 is 0 Å². The average molecular weight is 492 g/mol. The lowest BCUT2D eigenvalue weighted by atomic mass is 9.99. The maximum atomic E-state index is 12.7. The van der Waals surface area contributed by atoms with Gasteiger partial charge in [-0.2, -0.15) is 0 Å². The average Bonchev–Trinajstić information content (AvgIpc) is 2.86. The lowest BCUT2D eigenvalue weighted by Crippen LogP contribution is -2.60. The first-order valence-corrected chi connectivity index (χ1v) is 10.4. The van der Waals surface area contributed by atoms with Gasteiger partial charge in [0.25, 0.3) is 0 Å². The van der Waals surface area contributed by atoms with Gasteiger partial charge in [0.2, 0.25) is 17.5 Å². The van der Waals surface area contributed by atoms with Crippen LogP contribution in [-0.4, -0.2) is 82.2 Å². The van der Waals surface area contributed by atoms with E-state index >= 15 is 0 Å². The van der Waals surface area contributed by atoms with Gasteiger partial charge in [-0.05, 0) is 18.2 Å². The highest BCUT2D eigenvalue weighted by atomic mass is 16.7. The molecule has 0 amide bonds. The van der Waals surface area contributed by atoms with Crippen LogP contribution >= 0.6 is 0 Å². The summed E-state index contributed by atoms with van der Waals surface area (Å²) in [5.74, 6) is -1.03. The molecule has 0 bridgehead atoms. The number of fused-ring (bicyclic) bond motifs is 1. The third kappa shape index (κ3) is 4.33. The van der Waals surface area contributed by atoms with Gasteiger partial charge in [0.1, 0.15) is 46.9 Å². The van der Waals surface area contributed by atoms with Gasteiger partial charge in [0, 0.05) is 17.7 Å². The van der Waals surface area contributed by atoms with Crippen LogP contribution in [0.3, 0.4) is 0 Å². The Labute approximate surface area is 197 Å². The van der Waals surface area contributed by atoms with Gasteiger partial charge in [0.15, 0.2) is 17.3 Å². The summed E-state index contributed by atoms with van der Waals surface area (Å²) >= 11 is 0. The molecule has 1 aliphatic heterocycles. The molecule has 5 atom stereocenters. The molecule has 2 aromatic carbocycles. The Morgan fingerprint density at radius 1 is 0.943 bits per heavy atom. The Bertz CT molecular complexity index is 1280. The van der Waals surface area contributed by atoms with E-state index in [1.54, 1.807) is 0 Å². The Morgan fingerprint density at radius 3 is 2.34 bits per heavy atom. The number of rotatable bonds is 6. The zero-order valence-electron chi connectivity index (χ0n) is 18.6. The van der Waals surface area contributed by atoms with Crippen molar-refractivity contribution >= 4 is 11.0 Å². The van der Waals surface area contributed by atoms with E-state index in [1.807, 2.05) is 0 Å². The second kappa shape index (κ2) is 9.60. The first kappa shape index (κ1) is 24.6. The highest BCUT2D eigenvalue weighted by Crippen LogP contribution is 2.39. The summed E-state index contributed by atoms with van der Waals surface area (Å²) in [5, 5.41) is 59.9. The molecule has 12 heteroatoms. The van der Waals surface area contributed by atoms with Crippen molar-refractivity contribution in [3.63, 3.8) is 0 Å². The van der Waals surface area contributed by atoms with Crippen molar-refractivity contribution in [2.24, 2.45) is 0 Å². The van der Waals surface area contributed by atoms with Crippen LogP contribution in [0.15, 0.2) is 39.5 Å². The molecule has 2 heterocycles. The predicted molar refractivity (Wildman–Crippen MR) is 119 cm³/mol. The normalized spacial score (nSPS) is 24.3. The minimum atomic E-state index is -1.64. The number of aromatic hydroxyl groups is 2. The fraction of sp³-hybridized carbons (Fsp3) is 0.348. The summed E-state index contributed by atoms with van der Waals surface area (Å²) < 4.78 is 27.1. The third-order valence-electron chi connectivity index (χ3n) is 5.68. The molecular formula is C23H24O12. The highest BCUT2D eigenvalue weighted by molar-refractivity contribution is 5.88. The van der Waals surface area contributed by atoms with E-state index in [9.17, 15) is 35.4 Å². The molecule has 1 saturated heterocycles. The minimum Gasteiger partial charge on any atom is -0.507 e. The summed E-state index contributed by atoms with van der Waals surface area (Å²) in [7, 11) is 2.69. The first-order chi connectivity index (χ1) is 16.7. The lowest BCUT2D eigenvalue weighted by molar-refractivity contribution is -0.277. The van der Waals surface area contributed by atoms with Crippen LogP contribution in [0.5, 0.6) is 28.7 Å². The van der Waals surface area contributed by atoms with Gasteiger partial charge in [0.05, 0.1) is 20.8 Å². The van der Waals surface area contributed by atoms with Crippen LogP contribution in [0, 0.1) is 0 Å². The molecule has 1 aromatic heterocycles. The zero-order valence-corrected chi connectivity index (χ0v) is 18.6. The molecule has 0 aliphatic carbocycles. The lowest BCUT2D eigenvalue weighted by Gasteiger charge is -2.39. The van der Waals surface area contributed by atoms with Crippen molar-refractivity contribution in [2.75, 3.05) is 20.8 Å². The number of aliphatic hydroxyl groups excluding tert-OH is 4. The topological polar surface area (TPSA) is 189 Å².